The molecule has 0 fully saturated rings. The maximum atomic E-state index is 11.6. The van der Waals surface area contributed by atoms with Crippen LogP contribution in [0.4, 0.5) is 0 Å². The smallest absolute Gasteiger partial charge is 0.339 e. The normalized spacial score (nSPS) is 11.8. The van der Waals surface area contributed by atoms with E-state index in [0.717, 1.165) is 11.1 Å². The lowest BCUT2D eigenvalue weighted by atomic mass is 9.97. The van der Waals surface area contributed by atoms with Crippen molar-refractivity contribution in [1.82, 2.24) is 0 Å². The van der Waals surface area contributed by atoms with Crippen LogP contribution >= 0.6 is 0 Å². The maximum Gasteiger partial charge on any atom is 0.339 e. The number of aryl methyl sites for hydroxylation is 1. The zero-order valence-corrected chi connectivity index (χ0v) is 10.8. The van der Waals surface area contributed by atoms with Crippen molar-refractivity contribution in [3.63, 3.8) is 0 Å². The van der Waals surface area contributed by atoms with Crippen molar-refractivity contribution in [2.24, 2.45) is 0 Å². The van der Waals surface area contributed by atoms with E-state index < -0.39 is 18.0 Å². The predicted molar refractivity (Wildman–Crippen MR) is 64.2 cm³/mol. The molecule has 0 aliphatic rings. The Balaban J connectivity index is 3.28. The number of methoxy groups -OCH3 is 2. The van der Waals surface area contributed by atoms with Gasteiger partial charge in [-0.3, -0.25) is 0 Å². The molecule has 0 aliphatic heterocycles. The van der Waals surface area contributed by atoms with Crippen molar-refractivity contribution in [2.45, 2.75) is 20.0 Å². The molecule has 0 aromatic heterocycles. The van der Waals surface area contributed by atoms with E-state index in [1.54, 1.807) is 19.9 Å². The van der Waals surface area contributed by atoms with Crippen LogP contribution in [0.5, 0.6) is 0 Å². The third-order valence-corrected chi connectivity index (χ3v) is 2.84. The molecule has 0 saturated carbocycles. The zero-order chi connectivity index (χ0) is 13.9. The highest BCUT2D eigenvalue weighted by Gasteiger charge is 2.21. The molecular weight excluding hydrogens is 236 g/mol. The first-order chi connectivity index (χ1) is 8.42. The summed E-state index contributed by atoms with van der Waals surface area (Å²) in [5.41, 5.74) is 2.18. The van der Waals surface area contributed by atoms with Crippen LogP contribution in [-0.2, 0) is 14.3 Å². The number of hydrogen-bond acceptors (Lipinski definition) is 5. The Morgan fingerprint density at radius 1 is 1.17 bits per heavy atom. The molecule has 0 heterocycles. The monoisotopic (exact) mass is 252 g/mol. The van der Waals surface area contributed by atoms with E-state index in [0.29, 0.717) is 11.1 Å². The van der Waals surface area contributed by atoms with Crippen molar-refractivity contribution in [3.8, 4) is 0 Å². The van der Waals surface area contributed by atoms with E-state index >= 15 is 0 Å². The van der Waals surface area contributed by atoms with E-state index in [9.17, 15) is 14.7 Å². The molecule has 0 saturated heterocycles. The van der Waals surface area contributed by atoms with Gasteiger partial charge < -0.3 is 14.6 Å². The minimum atomic E-state index is -1.40. The average Bonchev–Trinajstić information content (AvgIpc) is 2.38. The van der Waals surface area contributed by atoms with Crippen LogP contribution in [0, 0.1) is 13.8 Å². The molecule has 0 bridgehead atoms. The van der Waals surface area contributed by atoms with Crippen LogP contribution in [0.15, 0.2) is 12.1 Å². The average molecular weight is 252 g/mol. The molecule has 18 heavy (non-hydrogen) atoms. The molecule has 1 atom stereocenters. The summed E-state index contributed by atoms with van der Waals surface area (Å²) < 4.78 is 9.11. The van der Waals surface area contributed by atoms with E-state index in [1.807, 2.05) is 0 Å². The Labute approximate surface area is 105 Å². The van der Waals surface area contributed by atoms with Crippen molar-refractivity contribution in [1.29, 1.82) is 0 Å². The molecule has 1 N–H and O–H groups in total. The van der Waals surface area contributed by atoms with Crippen molar-refractivity contribution in [2.75, 3.05) is 14.2 Å². The number of aliphatic hydroxyl groups excluding tert-OH is 1. The number of carbonyl (C=O) groups is 2. The fourth-order valence-electron chi connectivity index (χ4n) is 1.61. The van der Waals surface area contributed by atoms with Gasteiger partial charge in [-0.1, -0.05) is 6.07 Å². The number of rotatable bonds is 3. The second-order valence-electron chi connectivity index (χ2n) is 3.93. The zero-order valence-electron chi connectivity index (χ0n) is 10.8. The topological polar surface area (TPSA) is 72.8 Å². The molecule has 98 valence electrons. The highest BCUT2D eigenvalue weighted by atomic mass is 16.5. The highest BCUT2D eigenvalue weighted by molar-refractivity contribution is 5.92. The number of aliphatic hydroxyl groups is 1. The summed E-state index contributed by atoms with van der Waals surface area (Å²) in [7, 11) is 2.47. The van der Waals surface area contributed by atoms with Gasteiger partial charge in [0, 0.05) is 0 Å². The lowest BCUT2D eigenvalue weighted by molar-refractivity contribution is -0.150. The summed E-state index contributed by atoms with van der Waals surface area (Å²) in [5, 5.41) is 9.76. The number of benzene rings is 1. The van der Waals surface area contributed by atoms with E-state index in [1.165, 1.54) is 20.3 Å². The Morgan fingerprint density at radius 2 is 1.78 bits per heavy atom. The predicted octanol–water partition coefficient (Wildman–Crippen LogP) is 1.30. The van der Waals surface area contributed by atoms with Crippen molar-refractivity contribution in [3.05, 3.63) is 34.4 Å². The summed E-state index contributed by atoms with van der Waals surface area (Å²) in [6, 6.07) is 3.08. The molecule has 0 amide bonds. The van der Waals surface area contributed by atoms with Crippen molar-refractivity contribution >= 4 is 11.9 Å². The molecule has 0 aliphatic carbocycles. The first-order valence-electron chi connectivity index (χ1n) is 5.37. The van der Waals surface area contributed by atoms with Gasteiger partial charge in [-0.15, -0.1) is 0 Å². The summed E-state index contributed by atoms with van der Waals surface area (Å²) in [4.78, 5) is 22.9. The van der Waals surface area contributed by atoms with Crippen LogP contribution < -0.4 is 0 Å². The number of carbonyl (C=O) groups excluding carboxylic acids is 2. The molecule has 1 aromatic rings. The van der Waals surface area contributed by atoms with E-state index in [4.69, 9.17) is 0 Å². The minimum Gasteiger partial charge on any atom is -0.467 e. The lowest BCUT2D eigenvalue weighted by Crippen LogP contribution is -2.15. The van der Waals surface area contributed by atoms with Gasteiger partial charge in [0.05, 0.1) is 19.8 Å². The molecular formula is C13H16O5. The Morgan fingerprint density at radius 3 is 2.28 bits per heavy atom. The van der Waals surface area contributed by atoms with Gasteiger partial charge in [0.15, 0.2) is 6.10 Å². The summed E-state index contributed by atoms with van der Waals surface area (Å²) in [6.07, 6.45) is -1.40. The van der Waals surface area contributed by atoms with Gasteiger partial charge in [0.25, 0.3) is 0 Å². The van der Waals surface area contributed by atoms with Crippen LogP contribution in [0.1, 0.15) is 33.2 Å². The van der Waals surface area contributed by atoms with E-state index in [-0.39, 0.29) is 0 Å². The number of ether oxygens (including phenoxy) is 2. The fraction of sp³-hybridized carbons (Fsp3) is 0.385. The second kappa shape index (κ2) is 5.64. The molecule has 0 radical (unpaired) electrons. The minimum absolute atomic E-state index is 0.311. The summed E-state index contributed by atoms with van der Waals surface area (Å²) in [6.45, 7) is 3.56. The molecule has 1 aromatic carbocycles. The van der Waals surface area contributed by atoms with Crippen LogP contribution in [0.25, 0.3) is 0 Å². The van der Waals surface area contributed by atoms with Gasteiger partial charge in [0.2, 0.25) is 0 Å². The largest absolute Gasteiger partial charge is 0.467 e. The Hall–Kier alpha value is -1.88. The SMILES string of the molecule is COC(=O)c1cc(C(O)C(=O)OC)cc(C)c1C. The third-order valence-electron chi connectivity index (χ3n) is 2.84. The van der Waals surface area contributed by atoms with Gasteiger partial charge in [-0.25, -0.2) is 9.59 Å². The first-order valence-corrected chi connectivity index (χ1v) is 5.37. The van der Waals surface area contributed by atoms with Crippen LogP contribution in [0.3, 0.4) is 0 Å². The quantitative estimate of drug-likeness (QED) is 0.821. The lowest BCUT2D eigenvalue weighted by Gasteiger charge is -2.13. The Kier molecular flexibility index (Phi) is 4.44. The molecule has 0 spiro atoms. The summed E-state index contributed by atoms with van der Waals surface area (Å²) >= 11 is 0. The summed E-state index contributed by atoms with van der Waals surface area (Å²) in [5.74, 6) is -1.27. The first kappa shape index (κ1) is 14.2. The molecule has 1 rings (SSSR count). The van der Waals surface area contributed by atoms with Gasteiger partial charge in [-0.05, 0) is 36.6 Å². The standard InChI is InChI=1S/C13H16O5/c1-7-5-9(11(14)13(16)18-4)6-10(8(7)2)12(15)17-3/h5-6,11,14H,1-4H3. The molecule has 1 unspecified atom stereocenters. The number of hydrogen-bond donors (Lipinski definition) is 1. The van der Waals surface area contributed by atoms with Gasteiger partial charge in [0.1, 0.15) is 0 Å². The van der Waals surface area contributed by atoms with Crippen LogP contribution in [0.2, 0.25) is 0 Å². The van der Waals surface area contributed by atoms with Gasteiger partial charge >= 0.3 is 11.9 Å². The Bertz CT molecular complexity index is 479. The number of esters is 2. The maximum absolute atomic E-state index is 11.6. The third kappa shape index (κ3) is 2.68. The second-order valence-corrected chi connectivity index (χ2v) is 3.93. The molecule has 5 heteroatoms. The highest BCUT2D eigenvalue weighted by Crippen LogP contribution is 2.22. The molecule has 5 nitrogen and oxygen atoms in total. The van der Waals surface area contributed by atoms with Gasteiger partial charge in [-0.2, -0.15) is 0 Å². The van der Waals surface area contributed by atoms with Crippen LogP contribution in [-0.4, -0.2) is 31.3 Å². The fourth-order valence-corrected chi connectivity index (χ4v) is 1.61. The van der Waals surface area contributed by atoms with Crippen molar-refractivity contribution < 1.29 is 24.2 Å². The van der Waals surface area contributed by atoms with E-state index in [2.05, 4.69) is 9.47 Å².